The maximum atomic E-state index is 5.13. The molecule has 0 fully saturated rings. The van der Waals surface area contributed by atoms with Gasteiger partial charge in [-0.2, -0.15) is 0 Å². The highest BCUT2D eigenvalue weighted by Gasteiger charge is 2.07. The molecule has 0 saturated heterocycles. The molecule has 3 heteroatoms. The lowest BCUT2D eigenvalue weighted by Crippen LogP contribution is -2.32. The second-order valence-corrected chi connectivity index (χ2v) is 3.45. The number of methoxy groups -OCH3 is 1. The third kappa shape index (κ3) is 3.09. The summed E-state index contributed by atoms with van der Waals surface area (Å²) in [7, 11) is 3.68. The van der Waals surface area contributed by atoms with Gasteiger partial charge in [-0.15, -0.1) is 0 Å². The summed E-state index contributed by atoms with van der Waals surface area (Å²) in [5.41, 5.74) is 2.57. The Morgan fingerprint density at radius 3 is 2.93 bits per heavy atom. The van der Waals surface area contributed by atoms with Crippen molar-refractivity contribution in [2.24, 2.45) is 0 Å². The summed E-state index contributed by atoms with van der Waals surface area (Å²) in [5, 5.41) is 3.23. The molecule has 1 heterocycles. The van der Waals surface area contributed by atoms with E-state index in [-0.39, 0.29) is 0 Å². The molecule has 1 rings (SSSR count). The Bertz CT molecular complexity index is 276. The Morgan fingerprint density at radius 2 is 2.36 bits per heavy atom. The van der Waals surface area contributed by atoms with Gasteiger partial charge >= 0.3 is 0 Å². The number of nitrogens with zero attached hydrogens (tertiary/aromatic N) is 1. The molecule has 3 nitrogen and oxygen atoms in total. The van der Waals surface area contributed by atoms with Gasteiger partial charge in [0.2, 0.25) is 0 Å². The standard InChI is InChI=1S/C11H18N2O/c1-9-7-13-5-4-10(9)6-11(12-2)8-14-3/h4-5,7,11-12H,6,8H2,1-3H3. The molecular formula is C11H18N2O. The zero-order chi connectivity index (χ0) is 10.4. The van der Waals surface area contributed by atoms with Crippen molar-refractivity contribution in [1.82, 2.24) is 10.3 Å². The fourth-order valence-electron chi connectivity index (χ4n) is 1.44. The van der Waals surface area contributed by atoms with Crippen LogP contribution in [-0.2, 0) is 11.2 Å². The first-order valence-corrected chi connectivity index (χ1v) is 4.83. The molecule has 0 spiro atoms. The number of aryl methyl sites for hydroxylation is 1. The largest absolute Gasteiger partial charge is 0.383 e. The van der Waals surface area contributed by atoms with Crippen LogP contribution in [0.1, 0.15) is 11.1 Å². The third-order valence-corrected chi connectivity index (χ3v) is 2.38. The van der Waals surface area contributed by atoms with Crippen molar-refractivity contribution in [3.05, 3.63) is 29.6 Å². The number of rotatable bonds is 5. The van der Waals surface area contributed by atoms with E-state index in [9.17, 15) is 0 Å². The Labute approximate surface area is 85.5 Å². The Kier molecular flexibility index (Phi) is 4.56. The Morgan fingerprint density at radius 1 is 1.57 bits per heavy atom. The van der Waals surface area contributed by atoms with Gasteiger partial charge in [0.05, 0.1) is 6.61 Å². The monoisotopic (exact) mass is 194 g/mol. The summed E-state index contributed by atoms with van der Waals surface area (Å²) >= 11 is 0. The van der Waals surface area contributed by atoms with Crippen LogP contribution in [0.2, 0.25) is 0 Å². The van der Waals surface area contributed by atoms with Crippen LogP contribution in [0.5, 0.6) is 0 Å². The maximum Gasteiger partial charge on any atom is 0.0618 e. The summed E-state index contributed by atoms with van der Waals surface area (Å²) < 4.78 is 5.13. The second kappa shape index (κ2) is 5.73. The average molecular weight is 194 g/mol. The van der Waals surface area contributed by atoms with E-state index in [0.717, 1.165) is 13.0 Å². The van der Waals surface area contributed by atoms with Crippen molar-refractivity contribution in [3.8, 4) is 0 Å². The minimum absolute atomic E-state index is 0.376. The highest BCUT2D eigenvalue weighted by atomic mass is 16.5. The third-order valence-electron chi connectivity index (χ3n) is 2.38. The molecule has 0 bridgehead atoms. The molecule has 1 atom stereocenters. The molecule has 0 saturated carbocycles. The van der Waals surface area contributed by atoms with Crippen LogP contribution >= 0.6 is 0 Å². The van der Waals surface area contributed by atoms with Crippen molar-refractivity contribution in [3.63, 3.8) is 0 Å². The predicted octanol–water partition coefficient (Wildman–Crippen LogP) is 1.17. The average Bonchev–Trinajstić information content (AvgIpc) is 2.20. The number of hydrogen-bond donors (Lipinski definition) is 1. The molecule has 0 aliphatic heterocycles. The molecule has 0 amide bonds. The van der Waals surface area contributed by atoms with Crippen LogP contribution < -0.4 is 5.32 Å². The number of nitrogens with one attached hydrogen (secondary N) is 1. The molecule has 78 valence electrons. The zero-order valence-electron chi connectivity index (χ0n) is 9.08. The zero-order valence-corrected chi connectivity index (χ0v) is 9.08. The molecule has 0 aliphatic rings. The molecular weight excluding hydrogens is 176 g/mol. The first-order chi connectivity index (χ1) is 6.77. The lowest BCUT2D eigenvalue weighted by Gasteiger charge is -2.15. The van der Waals surface area contributed by atoms with Gasteiger partial charge in [-0.1, -0.05) is 0 Å². The van der Waals surface area contributed by atoms with Crippen LogP contribution in [0.3, 0.4) is 0 Å². The highest BCUT2D eigenvalue weighted by molar-refractivity contribution is 5.22. The summed E-state index contributed by atoms with van der Waals surface area (Å²) in [6.07, 6.45) is 4.72. The fourth-order valence-corrected chi connectivity index (χ4v) is 1.44. The van der Waals surface area contributed by atoms with Gasteiger partial charge in [0.25, 0.3) is 0 Å². The van der Waals surface area contributed by atoms with Crippen LogP contribution in [0.25, 0.3) is 0 Å². The molecule has 0 aliphatic carbocycles. The molecule has 0 radical (unpaired) electrons. The molecule has 1 aromatic heterocycles. The van der Waals surface area contributed by atoms with Gasteiger partial charge in [0, 0.05) is 25.5 Å². The first-order valence-electron chi connectivity index (χ1n) is 4.83. The summed E-state index contributed by atoms with van der Waals surface area (Å²) in [6.45, 7) is 2.82. The lowest BCUT2D eigenvalue weighted by molar-refractivity contribution is 0.169. The molecule has 1 N–H and O–H groups in total. The normalized spacial score (nSPS) is 12.8. The predicted molar refractivity (Wildman–Crippen MR) is 57.4 cm³/mol. The van der Waals surface area contributed by atoms with E-state index in [1.54, 1.807) is 7.11 Å². The summed E-state index contributed by atoms with van der Waals surface area (Å²) in [6, 6.07) is 2.44. The van der Waals surface area contributed by atoms with E-state index < -0.39 is 0 Å². The van der Waals surface area contributed by atoms with Crippen LogP contribution in [0.15, 0.2) is 18.5 Å². The van der Waals surface area contributed by atoms with Gasteiger partial charge in [-0.3, -0.25) is 4.98 Å². The first kappa shape index (κ1) is 11.1. The maximum absolute atomic E-state index is 5.13. The van der Waals surface area contributed by atoms with Gasteiger partial charge in [-0.25, -0.2) is 0 Å². The van der Waals surface area contributed by atoms with Crippen molar-refractivity contribution >= 4 is 0 Å². The van der Waals surface area contributed by atoms with Crippen molar-refractivity contribution in [2.75, 3.05) is 20.8 Å². The molecule has 14 heavy (non-hydrogen) atoms. The van der Waals surface area contributed by atoms with Crippen LogP contribution in [0.4, 0.5) is 0 Å². The number of aromatic nitrogens is 1. The van der Waals surface area contributed by atoms with Crippen molar-refractivity contribution < 1.29 is 4.74 Å². The SMILES string of the molecule is CNC(COC)Cc1ccncc1C. The molecule has 0 aromatic carbocycles. The fraction of sp³-hybridized carbons (Fsp3) is 0.545. The Hall–Kier alpha value is -0.930. The highest BCUT2D eigenvalue weighted by Crippen LogP contribution is 2.08. The minimum Gasteiger partial charge on any atom is -0.383 e. The molecule has 1 unspecified atom stereocenters. The van der Waals surface area contributed by atoms with Crippen LogP contribution in [0, 0.1) is 6.92 Å². The quantitative estimate of drug-likeness (QED) is 0.764. The topological polar surface area (TPSA) is 34.1 Å². The molecule has 1 aromatic rings. The number of ether oxygens (including phenoxy) is 1. The summed E-state index contributed by atoms with van der Waals surface area (Å²) in [4.78, 5) is 4.07. The van der Waals surface area contributed by atoms with E-state index in [1.807, 2.05) is 19.4 Å². The minimum atomic E-state index is 0.376. The number of likely N-dealkylation sites (N-methyl/N-ethyl adjacent to an activating group) is 1. The van der Waals surface area contributed by atoms with E-state index in [0.29, 0.717) is 6.04 Å². The van der Waals surface area contributed by atoms with Gasteiger partial charge < -0.3 is 10.1 Å². The second-order valence-electron chi connectivity index (χ2n) is 3.45. The van der Waals surface area contributed by atoms with Crippen LogP contribution in [-0.4, -0.2) is 31.8 Å². The van der Waals surface area contributed by atoms with Crippen molar-refractivity contribution in [1.29, 1.82) is 0 Å². The van der Waals surface area contributed by atoms with E-state index in [1.165, 1.54) is 11.1 Å². The van der Waals surface area contributed by atoms with E-state index >= 15 is 0 Å². The van der Waals surface area contributed by atoms with E-state index in [2.05, 4.69) is 23.3 Å². The van der Waals surface area contributed by atoms with Gasteiger partial charge in [0.15, 0.2) is 0 Å². The van der Waals surface area contributed by atoms with E-state index in [4.69, 9.17) is 4.74 Å². The van der Waals surface area contributed by atoms with Gasteiger partial charge in [0.1, 0.15) is 0 Å². The smallest absolute Gasteiger partial charge is 0.0618 e. The Balaban J connectivity index is 2.62. The number of pyridine rings is 1. The summed E-state index contributed by atoms with van der Waals surface area (Å²) in [5.74, 6) is 0. The lowest BCUT2D eigenvalue weighted by atomic mass is 10.0. The number of hydrogen-bond acceptors (Lipinski definition) is 3. The van der Waals surface area contributed by atoms with Crippen molar-refractivity contribution in [2.45, 2.75) is 19.4 Å². The van der Waals surface area contributed by atoms with Gasteiger partial charge in [-0.05, 0) is 37.6 Å².